The largest absolute Gasteiger partial charge is 0.480 e. The molecule has 0 spiro atoms. The van der Waals surface area contributed by atoms with Gasteiger partial charge in [0.1, 0.15) is 19.2 Å². The van der Waals surface area contributed by atoms with Gasteiger partial charge in [-0.2, -0.15) is 0 Å². The van der Waals surface area contributed by atoms with Crippen LogP contribution in [0.5, 0.6) is 0 Å². The predicted octanol–water partition coefficient (Wildman–Crippen LogP) is 3.50. The van der Waals surface area contributed by atoms with Crippen LogP contribution in [0.2, 0.25) is 0 Å². The molecule has 0 aromatic heterocycles. The summed E-state index contributed by atoms with van der Waals surface area (Å²) in [5, 5.41) is 11.9. The molecule has 8 heteroatoms. The van der Waals surface area contributed by atoms with Gasteiger partial charge in [-0.1, -0.05) is 62.4 Å². The van der Waals surface area contributed by atoms with Gasteiger partial charge in [0.15, 0.2) is 0 Å². The topological polar surface area (TPSA) is 105 Å². The number of alkyl carbamates (subject to hydrolysis) is 1. The fraction of sp³-hybridized carbons (Fsp3) is 0.423. The molecule has 0 saturated carbocycles. The molecule has 2 aromatic carbocycles. The number of carbonyl (C=O) groups excluding carboxylic acids is 2. The molecule has 3 rings (SSSR count). The van der Waals surface area contributed by atoms with E-state index in [-0.39, 0.29) is 31.6 Å². The van der Waals surface area contributed by atoms with Crippen LogP contribution in [-0.2, 0) is 19.1 Å². The average molecular weight is 469 g/mol. The first-order valence-electron chi connectivity index (χ1n) is 11.4. The van der Waals surface area contributed by atoms with Gasteiger partial charge >= 0.3 is 12.1 Å². The smallest absolute Gasteiger partial charge is 0.407 e. The second kappa shape index (κ2) is 11.7. The molecule has 182 valence electrons. The maximum Gasteiger partial charge on any atom is 0.407 e. The standard InChI is InChI=1S/C26H32N2O6/c1-17(2)14-23(25(31)28(12-13-33-3)15-24(29)30)27-26(32)34-16-22-20-10-6-4-8-18(20)19-9-5-7-11-21(19)22/h4-11,17,22-23H,12-16H2,1-3H3,(H,27,32)(H,29,30). The van der Waals surface area contributed by atoms with Crippen LogP contribution in [0, 0.1) is 5.92 Å². The van der Waals surface area contributed by atoms with Crippen LogP contribution >= 0.6 is 0 Å². The summed E-state index contributed by atoms with van der Waals surface area (Å²) in [6.45, 7) is 3.82. The molecule has 0 saturated heterocycles. The van der Waals surface area contributed by atoms with Crippen molar-refractivity contribution in [2.75, 3.05) is 33.4 Å². The van der Waals surface area contributed by atoms with Gasteiger partial charge in [0.25, 0.3) is 0 Å². The Morgan fingerprint density at radius 3 is 2.15 bits per heavy atom. The Morgan fingerprint density at radius 2 is 1.62 bits per heavy atom. The van der Waals surface area contributed by atoms with Crippen molar-refractivity contribution in [3.8, 4) is 11.1 Å². The summed E-state index contributed by atoms with van der Waals surface area (Å²) >= 11 is 0. The molecule has 0 radical (unpaired) electrons. The van der Waals surface area contributed by atoms with Crippen LogP contribution in [-0.4, -0.2) is 67.4 Å². The molecule has 1 unspecified atom stereocenters. The lowest BCUT2D eigenvalue weighted by Crippen LogP contribution is -2.51. The summed E-state index contributed by atoms with van der Waals surface area (Å²) in [4.78, 5) is 38.2. The Labute approximate surface area is 199 Å². The summed E-state index contributed by atoms with van der Waals surface area (Å²) in [6, 6.07) is 15.2. The third-order valence-corrected chi connectivity index (χ3v) is 5.84. The van der Waals surface area contributed by atoms with Crippen LogP contribution < -0.4 is 5.32 Å². The lowest BCUT2D eigenvalue weighted by Gasteiger charge is -2.27. The zero-order valence-corrected chi connectivity index (χ0v) is 19.8. The molecule has 2 aromatic rings. The molecule has 2 N–H and O–H groups in total. The highest BCUT2D eigenvalue weighted by Crippen LogP contribution is 2.44. The van der Waals surface area contributed by atoms with Gasteiger partial charge in [0, 0.05) is 19.6 Å². The number of aliphatic carboxylic acids is 1. The molecule has 0 heterocycles. The molecule has 0 bridgehead atoms. The maximum atomic E-state index is 13.1. The molecule has 1 aliphatic rings. The number of hydrogen-bond donors (Lipinski definition) is 2. The van der Waals surface area contributed by atoms with Crippen LogP contribution in [0.25, 0.3) is 11.1 Å². The summed E-state index contributed by atoms with van der Waals surface area (Å²) in [5.41, 5.74) is 4.45. The Balaban J connectivity index is 1.69. The van der Waals surface area contributed by atoms with Crippen LogP contribution in [0.4, 0.5) is 4.79 Å². The van der Waals surface area contributed by atoms with E-state index in [1.165, 1.54) is 12.0 Å². The normalized spacial score (nSPS) is 13.2. The highest BCUT2D eigenvalue weighted by Gasteiger charge is 2.31. The molecule has 34 heavy (non-hydrogen) atoms. The van der Waals surface area contributed by atoms with E-state index in [0.717, 1.165) is 22.3 Å². The maximum absolute atomic E-state index is 13.1. The lowest BCUT2D eigenvalue weighted by molar-refractivity contribution is -0.145. The second-order valence-corrected chi connectivity index (χ2v) is 8.80. The first kappa shape index (κ1) is 25.2. The first-order valence-corrected chi connectivity index (χ1v) is 11.4. The van der Waals surface area contributed by atoms with Gasteiger partial charge in [0.2, 0.25) is 5.91 Å². The predicted molar refractivity (Wildman–Crippen MR) is 128 cm³/mol. The number of carboxylic acid groups (broad SMARTS) is 1. The molecule has 2 amide bonds. The number of methoxy groups -OCH3 is 1. The van der Waals surface area contributed by atoms with E-state index < -0.39 is 30.6 Å². The van der Waals surface area contributed by atoms with Gasteiger partial charge in [-0.3, -0.25) is 9.59 Å². The van der Waals surface area contributed by atoms with E-state index in [9.17, 15) is 19.5 Å². The molecular formula is C26H32N2O6. The fourth-order valence-electron chi connectivity index (χ4n) is 4.33. The first-order chi connectivity index (χ1) is 16.3. The van der Waals surface area contributed by atoms with E-state index in [4.69, 9.17) is 9.47 Å². The number of carboxylic acids is 1. The number of amides is 2. The number of carbonyl (C=O) groups is 3. The van der Waals surface area contributed by atoms with Gasteiger partial charge in [0.05, 0.1) is 6.61 Å². The minimum Gasteiger partial charge on any atom is -0.480 e. The van der Waals surface area contributed by atoms with Gasteiger partial charge < -0.3 is 24.8 Å². The van der Waals surface area contributed by atoms with Gasteiger partial charge in [-0.25, -0.2) is 4.79 Å². The van der Waals surface area contributed by atoms with Crippen LogP contribution in [0.3, 0.4) is 0 Å². The second-order valence-electron chi connectivity index (χ2n) is 8.80. The number of benzene rings is 2. The molecule has 1 aliphatic carbocycles. The molecule has 1 atom stereocenters. The third kappa shape index (κ3) is 6.14. The van der Waals surface area contributed by atoms with Crippen molar-refractivity contribution in [2.45, 2.75) is 32.2 Å². The Morgan fingerprint density at radius 1 is 1.03 bits per heavy atom. The number of hydrogen-bond acceptors (Lipinski definition) is 5. The minimum atomic E-state index is -1.13. The molecular weight excluding hydrogens is 436 g/mol. The summed E-state index contributed by atoms with van der Waals surface area (Å²) in [7, 11) is 1.48. The van der Waals surface area contributed by atoms with Crippen molar-refractivity contribution in [1.29, 1.82) is 0 Å². The summed E-state index contributed by atoms with van der Waals surface area (Å²) in [5.74, 6) is -1.60. The summed E-state index contributed by atoms with van der Waals surface area (Å²) < 4.78 is 10.6. The quantitative estimate of drug-likeness (QED) is 0.523. The Kier molecular flexibility index (Phi) is 8.65. The zero-order chi connectivity index (χ0) is 24.7. The van der Waals surface area contributed by atoms with Gasteiger partial charge in [-0.05, 0) is 34.6 Å². The number of rotatable bonds is 11. The third-order valence-electron chi connectivity index (χ3n) is 5.84. The van der Waals surface area contributed by atoms with Crippen molar-refractivity contribution in [1.82, 2.24) is 10.2 Å². The van der Waals surface area contributed by atoms with Gasteiger partial charge in [-0.15, -0.1) is 0 Å². The van der Waals surface area contributed by atoms with Crippen molar-refractivity contribution >= 4 is 18.0 Å². The number of fused-ring (bicyclic) bond motifs is 3. The summed E-state index contributed by atoms with van der Waals surface area (Å²) in [6.07, 6.45) is -0.352. The van der Waals surface area contributed by atoms with Crippen LogP contribution in [0.15, 0.2) is 48.5 Å². The molecule has 8 nitrogen and oxygen atoms in total. The average Bonchev–Trinajstić information content (AvgIpc) is 3.13. The molecule has 0 aliphatic heterocycles. The van der Waals surface area contributed by atoms with E-state index in [0.29, 0.717) is 6.42 Å². The van der Waals surface area contributed by atoms with Crippen molar-refractivity contribution in [3.63, 3.8) is 0 Å². The van der Waals surface area contributed by atoms with Crippen LogP contribution in [0.1, 0.15) is 37.3 Å². The highest BCUT2D eigenvalue weighted by atomic mass is 16.5. The monoisotopic (exact) mass is 468 g/mol. The van der Waals surface area contributed by atoms with E-state index in [1.807, 2.05) is 50.2 Å². The number of nitrogens with zero attached hydrogens (tertiary/aromatic N) is 1. The van der Waals surface area contributed by atoms with E-state index >= 15 is 0 Å². The molecule has 0 fully saturated rings. The van der Waals surface area contributed by atoms with Crippen molar-refractivity contribution < 1.29 is 29.0 Å². The zero-order valence-electron chi connectivity index (χ0n) is 19.8. The lowest BCUT2D eigenvalue weighted by atomic mass is 9.98. The van der Waals surface area contributed by atoms with E-state index in [2.05, 4.69) is 17.4 Å². The highest BCUT2D eigenvalue weighted by molar-refractivity contribution is 5.88. The van der Waals surface area contributed by atoms with Crippen molar-refractivity contribution in [3.05, 3.63) is 59.7 Å². The van der Waals surface area contributed by atoms with E-state index in [1.54, 1.807) is 0 Å². The minimum absolute atomic E-state index is 0.0944. The number of nitrogens with one attached hydrogen (secondary N) is 1. The van der Waals surface area contributed by atoms with Crippen molar-refractivity contribution in [2.24, 2.45) is 5.92 Å². The fourth-order valence-corrected chi connectivity index (χ4v) is 4.33. The Bertz CT molecular complexity index is 976. The SMILES string of the molecule is COCCN(CC(=O)O)C(=O)C(CC(C)C)NC(=O)OCC1c2ccccc2-c2ccccc21. The Hall–Kier alpha value is -3.39. The number of ether oxygens (including phenoxy) is 2.